The average molecular weight is 303 g/mol. The van der Waals surface area contributed by atoms with E-state index < -0.39 is 12.6 Å². The average Bonchev–Trinajstić information content (AvgIpc) is 1.38. The molecule has 8 heavy (non-hydrogen) atoms. The maximum absolute atomic E-state index is 8.97. The zero-order valence-corrected chi connectivity index (χ0v) is 6.43. The molecule has 0 spiro atoms. The molecule has 0 saturated carbocycles. The fourth-order valence-corrected chi connectivity index (χ4v) is 0. The van der Waals surface area contributed by atoms with Crippen LogP contribution in [0, 0.1) is 0 Å². The van der Waals surface area contributed by atoms with Crippen molar-refractivity contribution in [3.8, 4) is 0 Å². The summed E-state index contributed by atoms with van der Waals surface area (Å²) < 4.78 is 0. The molecule has 0 saturated heterocycles. The number of hydrogen-bond donors (Lipinski definition) is 2. The third-order valence-corrected chi connectivity index (χ3v) is 0.118. The number of hydrogen-bond acceptors (Lipinski definition) is 5. The van der Waals surface area contributed by atoms with Crippen LogP contribution in [0.1, 0.15) is 0 Å². The fraction of sp³-hybridized carbons (Fsp3) is 0.500. The molecule has 0 aliphatic rings. The van der Waals surface area contributed by atoms with Crippen molar-refractivity contribution in [2.24, 2.45) is 0 Å². The second-order valence-electron chi connectivity index (χ2n) is 0.516. The van der Waals surface area contributed by atoms with Crippen LogP contribution in [0.25, 0.3) is 0 Å². The summed E-state index contributed by atoms with van der Waals surface area (Å²) >= 11 is 0. The first-order valence-corrected chi connectivity index (χ1v) is 1.05. The van der Waals surface area contributed by atoms with E-state index in [2.05, 4.69) is 0 Å². The first-order chi connectivity index (χ1) is 2.27. The van der Waals surface area contributed by atoms with Crippen LogP contribution in [0.3, 0.4) is 0 Å². The summed E-state index contributed by atoms with van der Waals surface area (Å²) in [5.74, 6) is -1.55. The number of aliphatic carboxylic acids is 1. The maximum atomic E-state index is 8.97. The van der Waals surface area contributed by atoms with E-state index in [0.717, 1.165) is 0 Å². The van der Waals surface area contributed by atoms with Gasteiger partial charge >= 0.3 is 21.1 Å². The molecular weight excluding hydrogens is 295 g/mol. The van der Waals surface area contributed by atoms with Gasteiger partial charge < -0.3 is 27.3 Å². The van der Waals surface area contributed by atoms with Gasteiger partial charge in [0.1, 0.15) is 0 Å². The molecule has 0 aromatic heterocycles. The van der Waals surface area contributed by atoms with Gasteiger partial charge in [0.2, 0.25) is 0 Å². The van der Waals surface area contributed by atoms with E-state index >= 15 is 0 Å². The largest absolute Gasteiger partial charge is 4.00 e. The Bertz CT molecular complexity index is 50.5. The molecule has 0 aliphatic heterocycles. The van der Waals surface area contributed by atoms with Gasteiger partial charge in [0.25, 0.3) is 0 Å². The summed E-state index contributed by atoms with van der Waals surface area (Å²) in [5.41, 5.74) is 0. The van der Waals surface area contributed by atoms with Gasteiger partial charge in [-0.3, -0.25) is 0 Å². The van der Waals surface area contributed by atoms with Crippen molar-refractivity contribution in [2.45, 2.75) is 0 Å². The van der Waals surface area contributed by atoms with Crippen LogP contribution < -0.4 is 22.5 Å². The van der Waals surface area contributed by atoms with Gasteiger partial charge in [0.15, 0.2) is 0 Å². The van der Waals surface area contributed by atoms with Crippen molar-refractivity contribution in [2.75, 3.05) is 6.61 Å². The Hall–Kier alpha value is 0.0383. The van der Waals surface area contributed by atoms with E-state index in [9.17, 15) is 0 Å². The number of carboxylic acid groups (broad SMARTS) is 1. The number of carbonyl (C=O) groups excluding carboxylic acids is 1. The first-order valence-electron chi connectivity index (χ1n) is 1.05. The Morgan fingerprint density at radius 1 is 1.38 bits per heavy atom. The maximum Gasteiger partial charge on any atom is 4.00 e. The first kappa shape index (κ1) is 24.4. The molecule has 0 radical (unpaired) electrons. The zero-order chi connectivity index (χ0) is 4.28. The molecule has 0 rings (SSSR count). The Morgan fingerprint density at radius 3 is 1.50 bits per heavy atom. The molecule has 0 amide bonds. The second kappa shape index (κ2) is 15.7. The van der Waals surface area contributed by atoms with Crippen LogP contribution in [0.15, 0.2) is 0 Å². The number of carbonyl (C=O) groups is 1. The molecule has 0 aromatic rings. The molecule has 6 N–H and O–H groups in total. The van der Waals surface area contributed by atoms with Gasteiger partial charge in [0.05, 0.1) is 0 Å². The predicted octanol–water partition coefficient (Wildman–Crippen LogP) is -2.58. The van der Waals surface area contributed by atoms with Gasteiger partial charge in [-0.2, -0.15) is 0 Å². The van der Waals surface area contributed by atoms with Gasteiger partial charge in [-0.25, -0.2) is 0 Å². The molecule has 6 heteroatoms. The Morgan fingerprint density at radius 2 is 1.50 bits per heavy atom. The minimum Gasteiger partial charge on any atom is -0.850 e. The van der Waals surface area contributed by atoms with E-state index in [4.69, 9.17) is 15.0 Å². The van der Waals surface area contributed by atoms with Crippen LogP contribution in [0.5, 0.6) is 0 Å². The monoisotopic (exact) mass is 303 g/mol. The third-order valence-electron chi connectivity index (χ3n) is 0.118. The minimum atomic E-state index is -1.55. The van der Waals surface area contributed by atoms with Crippen molar-refractivity contribution >= 4 is 5.97 Å². The van der Waals surface area contributed by atoms with E-state index in [-0.39, 0.29) is 33.4 Å². The normalized spacial score (nSPS) is 4.62. The quantitative estimate of drug-likeness (QED) is 0.549. The topological polar surface area (TPSA) is 133 Å². The third kappa shape index (κ3) is 36.9. The molecular formula is C2H8N2O3Pt+2. The van der Waals surface area contributed by atoms with Crippen molar-refractivity contribution < 1.29 is 36.1 Å². The van der Waals surface area contributed by atoms with Crippen LogP contribution in [0.4, 0.5) is 0 Å². The van der Waals surface area contributed by atoms with Gasteiger partial charge in [0, 0.05) is 5.97 Å². The van der Waals surface area contributed by atoms with Gasteiger partial charge in [-0.15, -0.1) is 0 Å². The fourth-order valence-electron chi connectivity index (χ4n) is 0. The summed E-state index contributed by atoms with van der Waals surface area (Å²) in [7, 11) is 0. The van der Waals surface area contributed by atoms with E-state index in [1.807, 2.05) is 0 Å². The van der Waals surface area contributed by atoms with Crippen LogP contribution in [-0.2, 0) is 25.9 Å². The Kier molecular flexibility index (Phi) is 48.0. The molecule has 0 aromatic carbocycles. The number of carboxylic acids is 1. The summed E-state index contributed by atoms with van der Waals surface area (Å²) in [4.78, 5) is 8.94. The van der Waals surface area contributed by atoms with Crippen molar-refractivity contribution in [1.82, 2.24) is 12.3 Å². The molecule has 0 heterocycles. The Labute approximate surface area is 61.5 Å². The second-order valence-corrected chi connectivity index (χ2v) is 0.516. The molecule has 0 aliphatic carbocycles. The van der Waals surface area contributed by atoms with Gasteiger partial charge in [-0.05, 0) is 0 Å². The molecule has 0 atom stereocenters. The molecule has 0 bridgehead atoms. The van der Waals surface area contributed by atoms with Crippen LogP contribution >= 0.6 is 0 Å². The SMILES string of the molecule is N.N.O=C([O-])C[O-].[Pt+4]. The van der Waals surface area contributed by atoms with Crippen molar-refractivity contribution in [3.63, 3.8) is 0 Å². The standard InChI is InChI=1S/C2H3O3.2H3N.Pt/c3-1-2(4)5;;;/h1H2,(H,4,5);2*1H3;/q-1;;;+4/p-1. The summed E-state index contributed by atoms with van der Waals surface area (Å²) in [6.07, 6.45) is 0. The van der Waals surface area contributed by atoms with Gasteiger partial charge in [-0.1, -0.05) is 6.61 Å². The van der Waals surface area contributed by atoms with Crippen molar-refractivity contribution in [3.05, 3.63) is 0 Å². The minimum absolute atomic E-state index is 0. The van der Waals surface area contributed by atoms with Crippen LogP contribution in [0.2, 0.25) is 0 Å². The van der Waals surface area contributed by atoms with E-state index in [1.165, 1.54) is 0 Å². The zero-order valence-electron chi connectivity index (χ0n) is 4.16. The predicted molar refractivity (Wildman–Crippen MR) is 19.9 cm³/mol. The molecule has 52 valence electrons. The summed E-state index contributed by atoms with van der Waals surface area (Å²) in [6.45, 7) is -1.14. The smallest absolute Gasteiger partial charge is 0.850 e. The number of rotatable bonds is 1. The summed E-state index contributed by atoms with van der Waals surface area (Å²) in [6, 6.07) is 0. The molecule has 5 nitrogen and oxygen atoms in total. The summed E-state index contributed by atoms with van der Waals surface area (Å²) in [5, 5.41) is 17.9. The Balaban J connectivity index is -0.0000000267. The van der Waals surface area contributed by atoms with E-state index in [0.29, 0.717) is 0 Å². The molecule has 0 unspecified atom stereocenters. The van der Waals surface area contributed by atoms with Crippen molar-refractivity contribution in [1.29, 1.82) is 0 Å². The van der Waals surface area contributed by atoms with Crippen LogP contribution in [-0.4, -0.2) is 12.6 Å². The molecule has 0 fully saturated rings. The van der Waals surface area contributed by atoms with E-state index in [1.54, 1.807) is 0 Å².